The fourth-order valence-corrected chi connectivity index (χ4v) is 1.31. The van der Waals surface area contributed by atoms with Crippen LogP contribution in [0.15, 0.2) is 11.6 Å². The van der Waals surface area contributed by atoms with Crippen molar-refractivity contribution in [2.75, 3.05) is 6.61 Å². The normalized spacial score (nSPS) is 10.4. The predicted octanol–water partition coefficient (Wildman–Crippen LogP) is 2.65. The first-order chi connectivity index (χ1) is 8.13. The van der Waals surface area contributed by atoms with Crippen molar-refractivity contribution < 1.29 is 14.3 Å². The highest BCUT2D eigenvalue weighted by molar-refractivity contribution is 6.16. The standard InChI is InChI=1S/C14H20O3/c1-4-6-7-8-9-10-11-13(12(3)15)14(16)17-5-2/h11H,5,7-10H2,1-3H3/b13-11-. The van der Waals surface area contributed by atoms with E-state index in [4.69, 9.17) is 4.74 Å². The monoisotopic (exact) mass is 236 g/mol. The molecule has 0 fully saturated rings. The lowest BCUT2D eigenvalue weighted by atomic mass is 10.1. The lowest BCUT2D eigenvalue weighted by Crippen LogP contribution is -2.13. The van der Waals surface area contributed by atoms with Crippen LogP contribution in [0.3, 0.4) is 0 Å². The van der Waals surface area contributed by atoms with E-state index in [1.165, 1.54) is 6.92 Å². The van der Waals surface area contributed by atoms with Gasteiger partial charge < -0.3 is 4.74 Å². The molecule has 3 nitrogen and oxygen atoms in total. The number of unbranched alkanes of at least 4 members (excludes halogenated alkanes) is 3. The zero-order valence-corrected chi connectivity index (χ0v) is 10.8. The highest BCUT2D eigenvalue weighted by Gasteiger charge is 2.14. The van der Waals surface area contributed by atoms with Crippen LogP contribution in [0.1, 0.15) is 46.5 Å². The Kier molecular flexibility index (Phi) is 8.77. The number of rotatable bonds is 7. The number of ketones is 1. The summed E-state index contributed by atoms with van der Waals surface area (Å²) in [4.78, 5) is 22.7. The minimum absolute atomic E-state index is 0.161. The van der Waals surface area contributed by atoms with Gasteiger partial charge in [0.1, 0.15) is 0 Å². The molecule has 0 N–H and O–H groups in total. The van der Waals surface area contributed by atoms with Crippen molar-refractivity contribution in [3.05, 3.63) is 11.6 Å². The van der Waals surface area contributed by atoms with Crippen LogP contribution in [-0.4, -0.2) is 18.4 Å². The van der Waals surface area contributed by atoms with Gasteiger partial charge in [0, 0.05) is 6.42 Å². The smallest absolute Gasteiger partial charge is 0.341 e. The fraction of sp³-hybridized carbons (Fsp3) is 0.571. The minimum atomic E-state index is -0.520. The van der Waals surface area contributed by atoms with E-state index in [-0.39, 0.29) is 18.0 Å². The summed E-state index contributed by atoms with van der Waals surface area (Å²) < 4.78 is 4.81. The first kappa shape index (κ1) is 15.4. The number of ether oxygens (including phenoxy) is 1. The first-order valence-corrected chi connectivity index (χ1v) is 5.91. The molecule has 94 valence electrons. The minimum Gasteiger partial charge on any atom is -0.462 e. The van der Waals surface area contributed by atoms with E-state index in [9.17, 15) is 9.59 Å². The molecule has 0 aliphatic carbocycles. The van der Waals surface area contributed by atoms with Gasteiger partial charge in [-0.2, -0.15) is 0 Å². The molecule has 0 amide bonds. The second-order valence-electron chi connectivity index (χ2n) is 3.57. The summed E-state index contributed by atoms with van der Waals surface area (Å²) in [6, 6.07) is 0. The highest BCUT2D eigenvalue weighted by Crippen LogP contribution is 2.06. The topological polar surface area (TPSA) is 43.4 Å². The molecule has 0 spiro atoms. The van der Waals surface area contributed by atoms with E-state index in [0.29, 0.717) is 6.42 Å². The summed E-state index contributed by atoms with van der Waals surface area (Å²) in [7, 11) is 0. The molecule has 0 rings (SSSR count). The zero-order chi connectivity index (χ0) is 13.1. The molecule has 17 heavy (non-hydrogen) atoms. The van der Waals surface area contributed by atoms with Crippen LogP contribution < -0.4 is 0 Å². The number of hydrogen-bond acceptors (Lipinski definition) is 3. The summed E-state index contributed by atoms with van der Waals surface area (Å²) in [6.45, 7) is 5.20. The highest BCUT2D eigenvalue weighted by atomic mass is 16.5. The average Bonchev–Trinajstić information content (AvgIpc) is 2.27. The molecule has 0 aromatic heterocycles. The van der Waals surface area contributed by atoms with E-state index in [0.717, 1.165) is 19.3 Å². The molecule has 0 atom stereocenters. The number of carbonyl (C=O) groups is 2. The first-order valence-electron chi connectivity index (χ1n) is 5.91. The molecule has 3 heteroatoms. The Hall–Kier alpha value is -1.56. The van der Waals surface area contributed by atoms with Crippen LogP contribution in [0, 0.1) is 11.8 Å². The van der Waals surface area contributed by atoms with Crippen LogP contribution in [-0.2, 0) is 14.3 Å². The largest absolute Gasteiger partial charge is 0.462 e. The maximum atomic E-state index is 11.4. The van der Waals surface area contributed by atoms with Crippen molar-refractivity contribution >= 4 is 11.8 Å². The third-order valence-corrected chi connectivity index (χ3v) is 2.16. The number of allylic oxidation sites excluding steroid dienone is 1. The van der Waals surface area contributed by atoms with Gasteiger partial charge in [-0.05, 0) is 40.0 Å². The number of carbonyl (C=O) groups excluding carboxylic acids is 2. The van der Waals surface area contributed by atoms with Gasteiger partial charge in [0.2, 0.25) is 0 Å². The average molecular weight is 236 g/mol. The van der Waals surface area contributed by atoms with Gasteiger partial charge in [0.15, 0.2) is 5.78 Å². The maximum Gasteiger partial charge on any atom is 0.341 e. The Morgan fingerprint density at radius 1 is 1.29 bits per heavy atom. The lowest BCUT2D eigenvalue weighted by Gasteiger charge is -2.03. The zero-order valence-electron chi connectivity index (χ0n) is 10.8. The van der Waals surface area contributed by atoms with Gasteiger partial charge >= 0.3 is 5.97 Å². The van der Waals surface area contributed by atoms with Crippen LogP contribution in [0.2, 0.25) is 0 Å². The Morgan fingerprint density at radius 2 is 2.00 bits per heavy atom. The summed E-state index contributed by atoms with van der Waals surface area (Å²) in [5.41, 5.74) is 0.161. The number of Topliss-reactive ketones (excluding diaryl/α,β-unsaturated/α-hetero) is 1. The molecule has 0 aliphatic heterocycles. The third kappa shape index (κ3) is 7.35. The van der Waals surface area contributed by atoms with E-state index < -0.39 is 5.97 Å². The molecule has 0 saturated carbocycles. The van der Waals surface area contributed by atoms with E-state index in [1.54, 1.807) is 13.0 Å². The maximum absolute atomic E-state index is 11.4. The summed E-state index contributed by atoms with van der Waals surface area (Å²) in [6.07, 6.45) is 5.13. The van der Waals surface area contributed by atoms with E-state index in [2.05, 4.69) is 11.8 Å². The van der Waals surface area contributed by atoms with Gasteiger partial charge in [-0.15, -0.1) is 11.8 Å². The predicted molar refractivity (Wildman–Crippen MR) is 67.3 cm³/mol. The quantitative estimate of drug-likeness (QED) is 0.170. The SMILES string of the molecule is CC#CCCCC/C=C(/C(C)=O)C(=O)OCC. The van der Waals surface area contributed by atoms with Crippen molar-refractivity contribution in [3.63, 3.8) is 0 Å². The van der Waals surface area contributed by atoms with Crippen molar-refractivity contribution in [2.24, 2.45) is 0 Å². The van der Waals surface area contributed by atoms with Gasteiger partial charge in [0.05, 0.1) is 12.2 Å². The molecule has 0 aromatic rings. The molecule has 0 aliphatic rings. The Balaban J connectivity index is 4.16. The second-order valence-corrected chi connectivity index (χ2v) is 3.57. The van der Waals surface area contributed by atoms with Gasteiger partial charge in [-0.25, -0.2) is 4.79 Å². The Labute approximate surface area is 103 Å². The molecule has 0 saturated heterocycles. The van der Waals surface area contributed by atoms with Gasteiger partial charge in [-0.3, -0.25) is 4.79 Å². The van der Waals surface area contributed by atoms with Crippen molar-refractivity contribution in [2.45, 2.75) is 46.5 Å². The Bertz CT molecular complexity index is 342. The van der Waals surface area contributed by atoms with E-state index >= 15 is 0 Å². The lowest BCUT2D eigenvalue weighted by molar-refractivity contribution is -0.139. The van der Waals surface area contributed by atoms with Gasteiger partial charge in [-0.1, -0.05) is 6.08 Å². The van der Waals surface area contributed by atoms with Gasteiger partial charge in [0.25, 0.3) is 0 Å². The fourth-order valence-electron chi connectivity index (χ4n) is 1.31. The summed E-state index contributed by atoms with van der Waals surface area (Å²) in [5, 5.41) is 0. The van der Waals surface area contributed by atoms with Crippen molar-refractivity contribution in [1.82, 2.24) is 0 Å². The molecule has 0 aromatic carbocycles. The molecule has 0 unspecified atom stereocenters. The molecular weight excluding hydrogens is 216 g/mol. The van der Waals surface area contributed by atoms with Crippen molar-refractivity contribution in [3.8, 4) is 11.8 Å². The third-order valence-electron chi connectivity index (χ3n) is 2.16. The molecule has 0 heterocycles. The molecule has 0 radical (unpaired) electrons. The second kappa shape index (κ2) is 9.65. The van der Waals surface area contributed by atoms with Crippen LogP contribution >= 0.6 is 0 Å². The van der Waals surface area contributed by atoms with Crippen molar-refractivity contribution in [1.29, 1.82) is 0 Å². The Morgan fingerprint density at radius 3 is 2.53 bits per heavy atom. The van der Waals surface area contributed by atoms with Crippen LogP contribution in [0.25, 0.3) is 0 Å². The molecular formula is C14H20O3. The number of esters is 1. The van der Waals surface area contributed by atoms with Crippen LogP contribution in [0.5, 0.6) is 0 Å². The number of hydrogen-bond donors (Lipinski definition) is 0. The molecule has 0 bridgehead atoms. The van der Waals surface area contributed by atoms with E-state index in [1.807, 2.05) is 6.92 Å². The summed E-state index contributed by atoms with van der Waals surface area (Å²) >= 11 is 0. The summed E-state index contributed by atoms with van der Waals surface area (Å²) in [5.74, 6) is 5.04. The van der Waals surface area contributed by atoms with Crippen LogP contribution in [0.4, 0.5) is 0 Å².